The van der Waals surface area contributed by atoms with Crippen LogP contribution in [0.3, 0.4) is 0 Å². The average molecular weight is 225 g/mol. The summed E-state index contributed by atoms with van der Waals surface area (Å²) in [6.45, 7) is 1.76. The van der Waals surface area contributed by atoms with Crippen LogP contribution in [0.2, 0.25) is 0 Å². The van der Waals surface area contributed by atoms with Crippen molar-refractivity contribution in [1.82, 2.24) is 4.90 Å². The van der Waals surface area contributed by atoms with Crippen LogP contribution in [0.5, 0.6) is 0 Å². The van der Waals surface area contributed by atoms with Crippen LogP contribution in [0.4, 0.5) is 0 Å². The summed E-state index contributed by atoms with van der Waals surface area (Å²) in [4.78, 5) is 25.3. The van der Waals surface area contributed by atoms with Gasteiger partial charge in [-0.1, -0.05) is 19.3 Å². The highest BCUT2D eigenvalue weighted by Gasteiger charge is 2.51. The predicted molar refractivity (Wildman–Crippen MR) is 58.5 cm³/mol. The number of hydrogen-bond donors (Lipinski definition) is 1. The van der Waals surface area contributed by atoms with Gasteiger partial charge in [-0.3, -0.25) is 14.5 Å². The molecule has 0 bridgehead atoms. The summed E-state index contributed by atoms with van der Waals surface area (Å²) in [6.07, 6.45) is 4.66. The number of imide groups is 1. The standard InChI is InChI=1S/C12H19NO3/c1-9(14)8-13-10(15)7-12(11(13)16)5-3-2-4-6-12/h9,14H,2-8H2,1H3. The zero-order valence-corrected chi connectivity index (χ0v) is 9.74. The van der Waals surface area contributed by atoms with Crippen molar-refractivity contribution in [3.8, 4) is 0 Å². The normalized spacial score (nSPS) is 26.5. The Morgan fingerprint density at radius 2 is 1.94 bits per heavy atom. The molecule has 4 heteroatoms. The third kappa shape index (κ3) is 1.86. The number of nitrogens with zero attached hydrogens (tertiary/aromatic N) is 1. The van der Waals surface area contributed by atoms with E-state index in [1.165, 1.54) is 11.3 Å². The molecule has 1 unspecified atom stereocenters. The van der Waals surface area contributed by atoms with E-state index in [1.807, 2.05) is 0 Å². The highest BCUT2D eigenvalue weighted by atomic mass is 16.3. The van der Waals surface area contributed by atoms with Gasteiger partial charge >= 0.3 is 0 Å². The van der Waals surface area contributed by atoms with Crippen LogP contribution in [0, 0.1) is 5.41 Å². The molecule has 1 atom stereocenters. The molecule has 16 heavy (non-hydrogen) atoms. The third-order valence-electron chi connectivity index (χ3n) is 3.75. The summed E-state index contributed by atoms with van der Waals surface area (Å²) in [6, 6.07) is 0. The number of aliphatic hydroxyl groups is 1. The first-order chi connectivity index (χ1) is 7.55. The van der Waals surface area contributed by atoms with E-state index >= 15 is 0 Å². The number of amides is 2. The molecule has 4 nitrogen and oxygen atoms in total. The van der Waals surface area contributed by atoms with Crippen molar-refractivity contribution in [3.63, 3.8) is 0 Å². The Bertz CT molecular complexity index is 305. The summed E-state index contributed by atoms with van der Waals surface area (Å²) in [5, 5.41) is 9.29. The molecule has 2 amide bonds. The maximum atomic E-state index is 12.2. The van der Waals surface area contributed by atoms with E-state index in [-0.39, 0.29) is 18.4 Å². The van der Waals surface area contributed by atoms with Crippen LogP contribution in [-0.4, -0.2) is 34.5 Å². The fourth-order valence-corrected chi connectivity index (χ4v) is 2.93. The van der Waals surface area contributed by atoms with E-state index in [2.05, 4.69) is 0 Å². The van der Waals surface area contributed by atoms with E-state index in [9.17, 15) is 14.7 Å². The maximum Gasteiger partial charge on any atom is 0.235 e. The summed E-state index contributed by atoms with van der Waals surface area (Å²) in [5.41, 5.74) is -0.412. The second-order valence-electron chi connectivity index (χ2n) is 5.18. The van der Waals surface area contributed by atoms with Crippen molar-refractivity contribution in [2.45, 2.75) is 51.6 Å². The van der Waals surface area contributed by atoms with Gasteiger partial charge in [-0.25, -0.2) is 0 Å². The van der Waals surface area contributed by atoms with Crippen LogP contribution in [0.15, 0.2) is 0 Å². The largest absolute Gasteiger partial charge is 0.392 e. The van der Waals surface area contributed by atoms with Crippen LogP contribution < -0.4 is 0 Å². The number of β-amino-alcohol motifs (C(OH)–C–C–N with tert-alkyl or cyclic N) is 1. The SMILES string of the molecule is CC(O)CN1C(=O)CC2(CCCCC2)C1=O. The van der Waals surface area contributed by atoms with Gasteiger partial charge in [0.15, 0.2) is 0 Å². The van der Waals surface area contributed by atoms with Crippen molar-refractivity contribution in [3.05, 3.63) is 0 Å². The lowest BCUT2D eigenvalue weighted by molar-refractivity contribution is -0.143. The molecule has 0 aromatic carbocycles. The molecule has 1 N–H and O–H groups in total. The van der Waals surface area contributed by atoms with Crippen LogP contribution >= 0.6 is 0 Å². The minimum absolute atomic E-state index is 0.0434. The highest BCUT2D eigenvalue weighted by molar-refractivity contribution is 6.05. The number of aliphatic hydroxyl groups excluding tert-OH is 1. The molecule has 1 aliphatic heterocycles. The van der Waals surface area contributed by atoms with Gasteiger partial charge in [0.05, 0.1) is 18.1 Å². The van der Waals surface area contributed by atoms with Crippen molar-refractivity contribution in [2.75, 3.05) is 6.54 Å². The van der Waals surface area contributed by atoms with Gasteiger partial charge in [-0.15, -0.1) is 0 Å². The molecule has 2 rings (SSSR count). The molecular weight excluding hydrogens is 206 g/mol. The second-order valence-corrected chi connectivity index (χ2v) is 5.18. The lowest BCUT2D eigenvalue weighted by Gasteiger charge is -2.30. The number of likely N-dealkylation sites (tertiary alicyclic amines) is 1. The van der Waals surface area contributed by atoms with E-state index < -0.39 is 11.5 Å². The number of carbonyl (C=O) groups excluding carboxylic acids is 2. The number of carbonyl (C=O) groups is 2. The van der Waals surface area contributed by atoms with Gasteiger partial charge in [-0.2, -0.15) is 0 Å². The first-order valence-corrected chi connectivity index (χ1v) is 6.08. The van der Waals surface area contributed by atoms with E-state index in [1.54, 1.807) is 6.92 Å². The Morgan fingerprint density at radius 1 is 1.31 bits per heavy atom. The minimum atomic E-state index is -0.633. The molecule has 0 radical (unpaired) electrons. The molecule has 1 spiro atoms. The van der Waals surface area contributed by atoms with E-state index in [0.29, 0.717) is 6.42 Å². The number of rotatable bonds is 2. The van der Waals surface area contributed by atoms with Crippen LogP contribution in [0.1, 0.15) is 45.4 Å². The topological polar surface area (TPSA) is 57.6 Å². The molecule has 0 aromatic rings. The Hall–Kier alpha value is -0.900. The lowest BCUT2D eigenvalue weighted by atomic mass is 9.73. The minimum Gasteiger partial charge on any atom is -0.392 e. The Labute approximate surface area is 95.6 Å². The van der Waals surface area contributed by atoms with Crippen LogP contribution in [-0.2, 0) is 9.59 Å². The maximum absolute atomic E-state index is 12.2. The molecule has 90 valence electrons. The monoisotopic (exact) mass is 225 g/mol. The predicted octanol–water partition coefficient (Wildman–Crippen LogP) is 1.08. The molecule has 2 aliphatic rings. The lowest BCUT2D eigenvalue weighted by Crippen LogP contribution is -2.40. The Morgan fingerprint density at radius 3 is 2.50 bits per heavy atom. The first-order valence-electron chi connectivity index (χ1n) is 6.08. The van der Waals surface area contributed by atoms with Gasteiger partial charge in [0, 0.05) is 6.42 Å². The zero-order chi connectivity index (χ0) is 11.8. The summed E-state index contributed by atoms with van der Waals surface area (Å²) < 4.78 is 0. The summed E-state index contributed by atoms with van der Waals surface area (Å²) in [5.74, 6) is -0.147. The van der Waals surface area contributed by atoms with Crippen LogP contribution in [0.25, 0.3) is 0 Å². The van der Waals surface area contributed by atoms with Gasteiger partial charge < -0.3 is 5.11 Å². The van der Waals surface area contributed by atoms with Gasteiger partial charge in [0.1, 0.15) is 0 Å². The fourth-order valence-electron chi connectivity index (χ4n) is 2.93. The van der Waals surface area contributed by atoms with Gasteiger partial charge in [0.2, 0.25) is 11.8 Å². The van der Waals surface area contributed by atoms with E-state index in [0.717, 1.165) is 25.7 Å². The third-order valence-corrected chi connectivity index (χ3v) is 3.75. The van der Waals surface area contributed by atoms with Crippen molar-refractivity contribution in [2.24, 2.45) is 5.41 Å². The van der Waals surface area contributed by atoms with Gasteiger partial charge in [0.25, 0.3) is 0 Å². The molecule has 1 saturated carbocycles. The Balaban J connectivity index is 2.14. The Kier molecular flexibility index (Phi) is 3.02. The van der Waals surface area contributed by atoms with Crippen molar-refractivity contribution >= 4 is 11.8 Å². The van der Waals surface area contributed by atoms with Gasteiger partial charge in [-0.05, 0) is 19.8 Å². The first kappa shape index (κ1) is 11.6. The number of hydrogen-bond acceptors (Lipinski definition) is 3. The molecule has 1 aliphatic carbocycles. The molecule has 1 saturated heterocycles. The second kappa shape index (κ2) is 4.17. The molecule has 1 heterocycles. The van der Waals surface area contributed by atoms with E-state index in [4.69, 9.17) is 0 Å². The average Bonchev–Trinajstić information content (AvgIpc) is 2.44. The quantitative estimate of drug-likeness (QED) is 0.715. The molecular formula is C12H19NO3. The molecule has 2 fully saturated rings. The molecule has 0 aromatic heterocycles. The van der Waals surface area contributed by atoms with Crippen molar-refractivity contribution in [1.29, 1.82) is 0 Å². The smallest absolute Gasteiger partial charge is 0.235 e. The fraction of sp³-hybridized carbons (Fsp3) is 0.833. The zero-order valence-electron chi connectivity index (χ0n) is 9.74. The highest BCUT2D eigenvalue weighted by Crippen LogP contribution is 2.45. The summed E-state index contributed by atoms with van der Waals surface area (Å²) in [7, 11) is 0. The summed E-state index contributed by atoms with van der Waals surface area (Å²) >= 11 is 0. The van der Waals surface area contributed by atoms with Crippen molar-refractivity contribution < 1.29 is 14.7 Å².